The standard InChI is InChI=1S/C25H25N5O4/c1-16(31)26-19-7-5-17(6-8-19)24(33)30-10-9-21-22(18-3-2-4-20(32)15-18)27-25(28-23(21)30)29-11-13-34-14-12-29/h2-8,15,32H,9-14H2,1H3,(H,26,31). The molecule has 2 N–H and O–H groups in total. The number of ether oxygens (including phenoxy) is 1. The summed E-state index contributed by atoms with van der Waals surface area (Å²) in [6.45, 7) is 4.43. The molecule has 0 bridgehead atoms. The molecule has 3 heterocycles. The van der Waals surface area contributed by atoms with Crippen LogP contribution in [0.3, 0.4) is 0 Å². The summed E-state index contributed by atoms with van der Waals surface area (Å²) in [5.74, 6) is 0.954. The van der Waals surface area contributed by atoms with Crippen LogP contribution in [0.25, 0.3) is 11.3 Å². The summed E-state index contributed by atoms with van der Waals surface area (Å²) in [6.07, 6.45) is 0.611. The lowest BCUT2D eigenvalue weighted by Gasteiger charge is -2.28. The number of phenolic OH excluding ortho intramolecular Hbond substituents is 1. The molecule has 2 aliphatic heterocycles. The molecule has 5 rings (SSSR count). The molecular formula is C25H25N5O4. The fourth-order valence-electron chi connectivity index (χ4n) is 4.29. The minimum absolute atomic E-state index is 0.156. The molecule has 1 aromatic heterocycles. The van der Waals surface area contributed by atoms with E-state index < -0.39 is 0 Å². The molecule has 0 unspecified atom stereocenters. The molecule has 2 aromatic carbocycles. The van der Waals surface area contributed by atoms with Crippen molar-refractivity contribution >= 4 is 29.3 Å². The second-order valence-electron chi connectivity index (χ2n) is 8.29. The maximum Gasteiger partial charge on any atom is 0.259 e. The Balaban J connectivity index is 1.54. The van der Waals surface area contributed by atoms with Crippen LogP contribution in [0.1, 0.15) is 22.8 Å². The van der Waals surface area contributed by atoms with Crippen LogP contribution in [0.5, 0.6) is 5.75 Å². The number of phenols is 1. The van der Waals surface area contributed by atoms with E-state index in [2.05, 4.69) is 10.2 Å². The monoisotopic (exact) mass is 459 g/mol. The van der Waals surface area contributed by atoms with Gasteiger partial charge in [0.2, 0.25) is 11.9 Å². The van der Waals surface area contributed by atoms with E-state index in [4.69, 9.17) is 14.7 Å². The molecule has 9 heteroatoms. The minimum Gasteiger partial charge on any atom is -0.508 e. The first-order valence-corrected chi connectivity index (χ1v) is 11.2. The summed E-state index contributed by atoms with van der Waals surface area (Å²) in [6, 6.07) is 13.8. The van der Waals surface area contributed by atoms with E-state index in [9.17, 15) is 14.7 Å². The van der Waals surface area contributed by atoms with Gasteiger partial charge in [0.05, 0.1) is 18.9 Å². The summed E-state index contributed by atoms with van der Waals surface area (Å²) in [4.78, 5) is 38.1. The average molecular weight is 460 g/mol. The number of hydrogen-bond donors (Lipinski definition) is 2. The quantitative estimate of drug-likeness (QED) is 0.618. The highest BCUT2D eigenvalue weighted by Gasteiger charge is 2.32. The summed E-state index contributed by atoms with van der Waals surface area (Å²) >= 11 is 0. The van der Waals surface area contributed by atoms with Crippen molar-refractivity contribution in [2.24, 2.45) is 0 Å². The van der Waals surface area contributed by atoms with Gasteiger partial charge in [-0.05, 0) is 42.8 Å². The van der Waals surface area contributed by atoms with Gasteiger partial charge in [-0.15, -0.1) is 0 Å². The lowest BCUT2D eigenvalue weighted by Crippen LogP contribution is -2.38. The Morgan fingerprint density at radius 3 is 2.50 bits per heavy atom. The van der Waals surface area contributed by atoms with Crippen LogP contribution >= 0.6 is 0 Å². The predicted octanol–water partition coefficient (Wildman–Crippen LogP) is 2.85. The van der Waals surface area contributed by atoms with Gasteiger partial charge in [-0.25, -0.2) is 4.98 Å². The normalized spacial score (nSPS) is 15.2. The number of benzene rings is 2. The van der Waals surface area contributed by atoms with Crippen LogP contribution in [-0.2, 0) is 16.0 Å². The zero-order valence-corrected chi connectivity index (χ0v) is 18.8. The molecular weight excluding hydrogens is 434 g/mol. The third-order valence-electron chi connectivity index (χ3n) is 5.93. The smallest absolute Gasteiger partial charge is 0.259 e. The van der Waals surface area contributed by atoms with Crippen molar-refractivity contribution < 1.29 is 19.4 Å². The van der Waals surface area contributed by atoms with Gasteiger partial charge >= 0.3 is 0 Å². The van der Waals surface area contributed by atoms with Crippen molar-refractivity contribution in [2.75, 3.05) is 48.0 Å². The Hall–Kier alpha value is -3.98. The lowest BCUT2D eigenvalue weighted by molar-refractivity contribution is -0.114. The predicted molar refractivity (Wildman–Crippen MR) is 128 cm³/mol. The largest absolute Gasteiger partial charge is 0.508 e. The molecule has 1 fully saturated rings. The molecule has 0 saturated carbocycles. The summed E-state index contributed by atoms with van der Waals surface area (Å²) < 4.78 is 5.47. The third kappa shape index (κ3) is 4.29. The van der Waals surface area contributed by atoms with E-state index in [0.717, 1.165) is 16.8 Å². The number of rotatable bonds is 4. The van der Waals surface area contributed by atoms with Gasteiger partial charge in [-0.1, -0.05) is 12.1 Å². The molecule has 1 saturated heterocycles. The van der Waals surface area contributed by atoms with Gasteiger partial charge in [-0.3, -0.25) is 14.5 Å². The van der Waals surface area contributed by atoms with Gasteiger partial charge in [0.15, 0.2) is 0 Å². The van der Waals surface area contributed by atoms with Crippen molar-refractivity contribution in [3.05, 3.63) is 59.7 Å². The van der Waals surface area contributed by atoms with Crippen LogP contribution in [0.2, 0.25) is 0 Å². The van der Waals surface area contributed by atoms with Crippen LogP contribution < -0.4 is 15.1 Å². The van der Waals surface area contributed by atoms with Crippen molar-refractivity contribution in [3.63, 3.8) is 0 Å². The van der Waals surface area contributed by atoms with E-state index in [1.807, 2.05) is 6.07 Å². The van der Waals surface area contributed by atoms with Gasteiger partial charge < -0.3 is 20.1 Å². The van der Waals surface area contributed by atoms with E-state index in [1.54, 1.807) is 47.4 Å². The first-order chi connectivity index (χ1) is 16.5. The Morgan fingerprint density at radius 2 is 1.79 bits per heavy atom. The van der Waals surface area contributed by atoms with Crippen molar-refractivity contribution in [2.45, 2.75) is 13.3 Å². The number of hydrogen-bond acceptors (Lipinski definition) is 7. The fourth-order valence-corrected chi connectivity index (χ4v) is 4.29. The Kier molecular flexibility index (Phi) is 5.85. The number of morpholine rings is 1. The molecule has 2 aliphatic rings. The maximum absolute atomic E-state index is 13.4. The topological polar surface area (TPSA) is 108 Å². The summed E-state index contributed by atoms with van der Waals surface area (Å²) in [7, 11) is 0. The molecule has 0 aliphatic carbocycles. The average Bonchev–Trinajstić information content (AvgIpc) is 3.28. The first-order valence-electron chi connectivity index (χ1n) is 11.2. The zero-order chi connectivity index (χ0) is 23.7. The van der Waals surface area contributed by atoms with Crippen molar-refractivity contribution in [3.8, 4) is 17.0 Å². The van der Waals surface area contributed by atoms with Gasteiger partial charge in [0.1, 0.15) is 11.6 Å². The number of aromatic hydroxyl groups is 1. The molecule has 2 amide bonds. The van der Waals surface area contributed by atoms with Gasteiger partial charge in [0, 0.05) is 48.9 Å². The van der Waals surface area contributed by atoms with Gasteiger partial charge in [-0.2, -0.15) is 4.98 Å². The van der Waals surface area contributed by atoms with E-state index in [1.165, 1.54) is 6.92 Å². The molecule has 0 radical (unpaired) electrons. The molecule has 34 heavy (non-hydrogen) atoms. The minimum atomic E-state index is -0.167. The van der Waals surface area contributed by atoms with Crippen LogP contribution in [0, 0.1) is 0 Å². The number of nitrogens with zero attached hydrogens (tertiary/aromatic N) is 4. The summed E-state index contributed by atoms with van der Waals surface area (Å²) in [5.41, 5.74) is 3.52. The number of nitrogens with one attached hydrogen (secondary N) is 1. The fraction of sp³-hybridized carbons (Fsp3) is 0.280. The summed E-state index contributed by atoms with van der Waals surface area (Å²) in [5, 5.41) is 12.8. The molecule has 9 nitrogen and oxygen atoms in total. The van der Waals surface area contributed by atoms with Crippen LogP contribution in [-0.4, -0.2) is 59.7 Å². The highest BCUT2D eigenvalue weighted by molar-refractivity contribution is 6.07. The zero-order valence-electron chi connectivity index (χ0n) is 18.8. The highest BCUT2D eigenvalue weighted by atomic mass is 16.5. The lowest BCUT2D eigenvalue weighted by atomic mass is 10.1. The number of carbonyl (C=O) groups is 2. The number of carbonyl (C=O) groups excluding carboxylic acids is 2. The van der Waals surface area contributed by atoms with Crippen molar-refractivity contribution in [1.82, 2.24) is 9.97 Å². The van der Waals surface area contributed by atoms with E-state index >= 15 is 0 Å². The number of fused-ring (bicyclic) bond motifs is 1. The Bertz CT molecular complexity index is 1240. The molecule has 174 valence electrons. The highest BCUT2D eigenvalue weighted by Crippen LogP contribution is 2.37. The number of anilines is 3. The van der Waals surface area contributed by atoms with Gasteiger partial charge in [0.25, 0.3) is 5.91 Å². The second kappa shape index (κ2) is 9.11. The SMILES string of the molecule is CC(=O)Nc1ccc(C(=O)N2CCc3c(-c4cccc(O)c4)nc(N4CCOCC4)nc32)cc1. The van der Waals surface area contributed by atoms with Crippen LogP contribution in [0.4, 0.5) is 17.5 Å². The van der Waals surface area contributed by atoms with Crippen LogP contribution in [0.15, 0.2) is 48.5 Å². The second-order valence-corrected chi connectivity index (χ2v) is 8.29. The molecule has 3 aromatic rings. The van der Waals surface area contributed by atoms with Crippen molar-refractivity contribution in [1.29, 1.82) is 0 Å². The maximum atomic E-state index is 13.4. The van der Waals surface area contributed by atoms with E-state index in [-0.39, 0.29) is 17.6 Å². The molecule has 0 atom stereocenters. The third-order valence-corrected chi connectivity index (χ3v) is 5.93. The number of aromatic nitrogens is 2. The Morgan fingerprint density at radius 1 is 1.03 bits per heavy atom. The molecule has 0 spiro atoms. The van der Waals surface area contributed by atoms with E-state index in [0.29, 0.717) is 62.3 Å². The number of amides is 2. The Labute approximate surface area is 197 Å². The first kappa shape index (κ1) is 21.8.